The molecule has 140 valence electrons. The van der Waals surface area contributed by atoms with Crippen molar-refractivity contribution in [2.45, 2.75) is 19.9 Å². The van der Waals surface area contributed by atoms with Crippen LogP contribution >= 0.6 is 23.7 Å². The van der Waals surface area contributed by atoms with E-state index in [4.69, 9.17) is 13.0 Å². The first-order valence-electron chi connectivity index (χ1n) is 7.67. The van der Waals surface area contributed by atoms with Crippen LogP contribution in [0.25, 0.3) is 11.1 Å². The molecule has 0 radical (unpaired) electrons. The number of nitrogens with zero attached hydrogens (tertiary/aromatic N) is 2. The monoisotopic (exact) mass is 420 g/mol. The Morgan fingerprint density at radius 1 is 1.27 bits per heavy atom. The SMILES string of the molecule is CCc1cc2cn(C/C=C/CP(=O)(O[P+](C)=O)O[P+](C)=O)c(=O)nc2o1. The van der Waals surface area contributed by atoms with Gasteiger partial charge in [-0.15, -0.1) is 0 Å². The fourth-order valence-electron chi connectivity index (χ4n) is 2.13. The Hall–Kier alpha value is -1.49. The minimum Gasteiger partial charge on any atom is -0.443 e. The minimum absolute atomic E-state index is 0.172. The summed E-state index contributed by atoms with van der Waals surface area (Å²) >= 11 is 0. The maximum atomic E-state index is 12.4. The van der Waals surface area contributed by atoms with Gasteiger partial charge >= 0.3 is 29.3 Å². The van der Waals surface area contributed by atoms with Crippen LogP contribution in [-0.4, -0.2) is 29.0 Å². The van der Waals surface area contributed by atoms with Gasteiger partial charge in [0.2, 0.25) is 5.71 Å². The summed E-state index contributed by atoms with van der Waals surface area (Å²) in [6.45, 7) is 4.57. The Kier molecular flexibility index (Phi) is 7.16. The van der Waals surface area contributed by atoms with Crippen molar-refractivity contribution in [2.24, 2.45) is 0 Å². The Balaban J connectivity index is 2.11. The molecule has 2 aromatic heterocycles. The van der Waals surface area contributed by atoms with Crippen molar-refractivity contribution in [1.29, 1.82) is 0 Å². The summed E-state index contributed by atoms with van der Waals surface area (Å²) in [5.41, 5.74) is -0.194. The number of fused-ring (bicyclic) bond motifs is 1. The lowest BCUT2D eigenvalue weighted by atomic mass is 10.3. The summed E-state index contributed by atoms with van der Waals surface area (Å²) in [6, 6.07) is 1.81. The third-order valence-electron chi connectivity index (χ3n) is 3.15. The van der Waals surface area contributed by atoms with Crippen molar-refractivity contribution < 1.29 is 26.7 Å². The zero-order valence-electron chi connectivity index (χ0n) is 14.5. The van der Waals surface area contributed by atoms with Gasteiger partial charge in [-0.25, -0.2) is 4.79 Å². The van der Waals surface area contributed by atoms with E-state index in [1.807, 2.05) is 13.0 Å². The van der Waals surface area contributed by atoms with Crippen molar-refractivity contribution in [2.75, 3.05) is 19.5 Å². The van der Waals surface area contributed by atoms with E-state index in [9.17, 15) is 18.5 Å². The average Bonchev–Trinajstić information content (AvgIpc) is 2.91. The van der Waals surface area contributed by atoms with E-state index in [1.54, 1.807) is 12.3 Å². The zero-order valence-corrected chi connectivity index (χ0v) is 17.2. The maximum Gasteiger partial charge on any atom is 0.513 e. The van der Waals surface area contributed by atoms with Gasteiger partial charge in [-0.3, -0.25) is 9.13 Å². The van der Waals surface area contributed by atoms with Crippen molar-refractivity contribution >= 4 is 34.8 Å². The number of furan rings is 1. The highest BCUT2D eigenvalue weighted by atomic mass is 31.3. The first kappa shape index (κ1) is 20.8. The van der Waals surface area contributed by atoms with Gasteiger partial charge in [-0.05, 0) is 15.2 Å². The fraction of sp³-hybridized carbons (Fsp3) is 0.429. The molecule has 0 aliphatic heterocycles. The Labute approximate surface area is 151 Å². The molecule has 2 heterocycles. The van der Waals surface area contributed by atoms with E-state index in [-0.39, 0.29) is 18.4 Å². The van der Waals surface area contributed by atoms with Gasteiger partial charge in [-0.2, -0.15) is 4.98 Å². The molecule has 26 heavy (non-hydrogen) atoms. The Morgan fingerprint density at radius 2 is 1.92 bits per heavy atom. The van der Waals surface area contributed by atoms with Gasteiger partial charge < -0.3 is 4.42 Å². The summed E-state index contributed by atoms with van der Waals surface area (Å²) in [4.78, 5) is 15.9. The molecule has 0 saturated heterocycles. The number of aromatic nitrogens is 2. The topological polar surface area (TPSA) is 118 Å². The molecule has 0 bridgehead atoms. The van der Waals surface area contributed by atoms with Crippen LogP contribution < -0.4 is 5.69 Å². The molecule has 0 spiro atoms. The van der Waals surface area contributed by atoms with Gasteiger partial charge in [0.1, 0.15) is 5.76 Å². The third kappa shape index (κ3) is 5.76. The van der Waals surface area contributed by atoms with Crippen LogP contribution in [0.3, 0.4) is 0 Å². The molecule has 0 aromatic carbocycles. The highest BCUT2D eigenvalue weighted by Gasteiger charge is 2.39. The van der Waals surface area contributed by atoms with Gasteiger partial charge in [-0.1, -0.05) is 27.7 Å². The van der Waals surface area contributed by atoms with Crippen molar-refractivity contribution in [3.8, 4) is 0 Å². The van der Waals surface area contributed by atoms with Gasteiger partial charge in [0, 0.05) is 19.2 Å². The van der Waals surface area contributed by atoms with Crippen LogP contribution in [-0.2, 0) is 35.3 Å². The molecule has 0 aliphatic rings. The minimum atomic E-state index is -3.78. The average molecular weight is 420 g/mol. The molecule has 12 heteroatoms. The van der Waals surface area contributed by atoms with Gasteiger partial charge in [0.15, 0.2) is 13.3 Å². The highest BCUT2D eigenvalue weighted by Crippen LogP contribution is 2.59. The predicted octanol–water partition coefficient (Wildman–Crippen LogP) is 4.08. The standard InChI is InChI=1S/C14H19N2O7P3/c1-4-12-9-11-10-16(14(17)15-13(11)21-12)7-5-6-8-26(20,22-24(2)18)23-25(3)19/h5-6,9-10H,4,7-8H2,1-3H3/q+2/b6-5+. The van der Waals surface area contributed by atoms with E-state index in [0.717, 1.165) is 5.76 Å². The van der Waals surface area contributed by atoms with E-state index in [1.165, 1.54) is 24.0 Å². The van der Waals surface area contributed by atoms with Crippen LogP contribution in [0.15, 0.2) is 33.6 Å². The normalized spacial score (nSPS) is 15.3. The summed E-state index contributed by atoms with van der Waals surface area (Å²) in [6.07, 6.45) is 5.13. The molecule has 0 aliphatic carbocycles. The van der Waals surface area contributed by atoms with E-state index >= 15 is 0 Å². The van der Waals surface area contributed by atoms with Crippen LogP contribution in [0.1, 0.15) is 12.7 Å². The first-order chi connectivity index (χ1) is 12.2. The first-order valence-corrected chi connectivity index (χ1v) is 12.7. The Bertz CT molecular complexity index is 943. The van der Waals surface area contributed by atoms with E-state index in [0.29, 0.717) is 11.8 Å². The maximum absolute atomic E-state index is 12.4. The molecule has 0 N–H and O–H groups in total. The number of allylic oxidation sites excluding steroid dienone is 2. The smallest absolute Gasteiger partial charge is 0.443 e. The van der Waals surface area contributed by atoms with E-state index < -0.39 is 29.3 Å². The van der Waals surface area contributed by atoms with Crippen LogP contribution in [0.4, 0.5) is 0 Å². The van der Waals surface area contributed by atoms with Gasteiger partial charge in [0.05, 0.1) is 11.5 Å². The largest absolute Gasteiger partial charge is 0.513 e. The highest BCUT2D eigenvalue weighted by molar-refractivity contribution is 7.66. The summed E-state index contributed by atoms with van der Waals surface area (Å²) in [7, 11) is -8.15. The molecule has 0 saturated carbocycles. The molecular formula is C14H19N2O7P3+2. The van der Waals surface area contributed by atoms with E-state index in [2.05, 4.69) is 4.98 Å². The second-order valence-corrected chi connectivity index (χ2v) is 9.96. The predicted molar refractivity (Wildman–Crippen MR) is 98.5 cm³/mol. The van der Waals surface area contributed by atoms with Crippen molar-refractivity contribution in [1.82, 2.24) is 9.55 Å². The summed E-state index contributed by atoms with van der Waals surface area (Å²) in [5, 5.41) is 0.707. The number of hydrogen-bond acceptors (Lipinski definition) is 8. The third-order valence-corrected chi connectivity index (χ3v) is 7.64. The van der Waals surface area contributed by atoms with Crippen LogP contribution in [0.5, 0.6) is 0 Å². The quantitative estimate of drug-likeness (QED) is 0.440. The number of rotatable bonds is 9. The van der Waals surface area contributed by atoms with Crippen molar-refractivity contribution in [3.05, 3.63) is 40.7 Å². The molecule has 9 nitrogen and oxygen atoms in total. The fourth-order valence-corrected chi connectivity index (χ4v) is 6.26. The van der Waals surface area contributed by atoms with Gasteiger partial charge in [0.25, 0.3) is 0 Å². The molecule has 2 rings (SSSR count). The Morgan fingerprint density at radius 3 is 2.50 bits per heavy atom. The number of hydrogen-bond donors (Lipinski definition) is 0. The lowest BCUT2D eigenvalue weighted by molar-refractivity contribution is 0.397. The molecular weight excluding hydrogens is 401 g/mol. The van der Waals surface area contributed by atoms with Crippen LogP contribution in [0.2, 0.25) is 0 Å². The lowest BCUT2D eigenvalue weighted by Crippen LogP contribution is -2.21. The summed E-state index contributed by atoms with van der Waals surface area (Å²) < 4.78 is 51.1. The second-order valence-electron chi connectivity index (χ2n) is 5.31. The molecule has 0 fully saturated rings. The molecule has 2 aromatic rings. The lowest BCUT2D eigenvalue weighted by Gasteiger charge is -2.02. The molecule has 2 atom stereocenters. The summed E-state index contributed by atoms with van der Waals surface area (Å²) in [5.74, 6) is 0.734. The van der Waals surface area contributed by atoms with Crippen molar-refractivity contribution in [3.63, 3.8) is 0 Å². The molecule has 2 unspecified atom stereocenters. The zero-order chi connectivity index (χ0) is 19.3. The molecule has 0 amide bonds. The van der Waals surface area contributed by atoms with Crippen LogP contribution in [0, 0.1) is 0 Å². The second kappa shape index (κ2) is 8.94. The number of aryl methyl sites for hydroxylation is 1.